The topological polar surface area (TPSA) is 69.1 Å². The molecule has 0 bridgehead atoms. The first kappa shape index (κ1) is 7.17. The number of nitrogens with two attached hydrogens (primary N) is 1. The van der Waals surface area contributed by atoms with E-state index >= 15 is 0 Å². The lowest BCUT2D eigenvalue weighted by molar-refractivity contribution is 0.733. The zero-order chi connectivity index (χ0) is 8.55. The summed E-state index contributed by atoms with van der Waals surface area (Å²) in [6, 6.07) is 1.65. The third-order valence-electron chi connectivity index (χ3n) is 1.54. The lowest BCUT2D eigenvalue weighted by Crippen LogP contribution is -2.06. The monoisotopic (exact) mass is 163 g/mol. The first-order valence-electron chi connectivity index (χ1n) is 3.70. The molecule has 2 N–H and O–H groups in total. The van der Waals surface area contributed by atoms with Gasteiger partial charge in [0.15, 0.2) is 5.82 Å². The first-order chi connectivity index (χ1) is 5.77. The largest absolute Gasteiger partial charge is 0.321 e. The minimum atomic E-state index is -0.147. The minimum Gasteiger partial charge on any atom is -0.321 e. The van der Waals surface area contributed by atoms with Gasteiger partial charge in [0.1, 0.15) is 0 Å². The van der Waals surface area contributed by atoms with Crippen molar-refractivity contribution in [1.82, 2.24) is 19.6 Å². The Morgan fingerprint density at radius 2 is 2.42 bits per heavy atom. The van der Waals surface area contributed by atoms with Gasteiger partial charge < -0.3 is 5.73 Å². The molecular formula is C7H9N5. The summed E-state index contributed by atoms with van der Waals surface area (Å²) in [7, 11) is 0. The Hall–Kier alpha value is -1.49. The fraction of sp³-hybridized carbons (Fsp3) is 0.286. The predicted octanol–water partition coefficient (Wildman–Crippen LogP) is 0.144. The zero-order valence-electron chi connectivity index (χ0n) is 6.68. The molecule has 0 amide bonds. The van der Waals surface area contributed by atoms with Crippen molar-refractivity contribution in [3.63, 3.8) is 0 Å². The van der Waals surface area contributed by atoms with Gasteiger partial charge in [-0.05, 0) is 13.0 Å². The van der Waals surface area contributed by atoms with Gasteiger partial charge in [-0.15, -0.1) is 5.10 Å². The molecular weight excluding hydrogens is 154 g/mol. The van der Waals surface area contributed by atoms with Crippen molar-refractivity contribution >= 4 is 5.78 Å². The standard InChI is InChI=1S/C7H9N5/c1-5(8)6-10-7-9-3-2-4-12(7)11-6/h2-5H,8H2,1H3. The average Bonchev–Trinajstić information content (AvgIpc) is 2.46. The Bertz CT molecular complexity index is 358. The average molecular weight is 163 g/mol. The lowest BCUT2D eigenvalue weighted by Gasteiger charge is -1.93. The number of aromatic nitrogens is 4. The van der Waals surface area contributed by atoms with Crippen molar-refractivity contribution in [3.8, 4) is 0 Å². The Labute approximate surface area is 69.2 Å². The molecule has 0 aliphatic heterocycles. The second-order valence-electron chi connectivity index (χ2n) is 2.62. The van der Waals surface area contributed by atoms with E-state index < -0.39 is 0 Å². The van der Waals surface area contributed by atoms with Crippen molar-refractivity contribution in [2.75, 3.05) is 0 Å². The van der Waals surface area contributed by atoms with Crippen LogP contribution in [0.3, 0.4) is 0 Å². The smallest absolute Gasteiger partial charge is 0.252 e. The number of hydrogen-bond acceptors (Lipinski definition) is 4. The van der Waals surface area contributed by atoms with Crippen LogP contribution in [0.4, 0.5) is 0 Å². The summed E-state index contributed by atoms with van der Waals surface area (Å²) >= 11 is 0. The summed E-state index contributed by atoms with van der Waals surface area (Å²) < 4.78 is 1.61. The van der Waals surface area contributed by atoms with Crippen molar-refractivity contribution in [3.05, 3.63) is 24.3 Å². The van der Waals surface area contributed by atoms with Crippen LogP contribution >= 0.6 is 0 Å². The highest BCUT2D eigenvalue weighted by Crippen LogP contribution is 2.03. The van der Waals surface area contributed by atoms with Crippen LogP contribution in [0.25, 0.3) is 5.78 Å². The molecule has 62 valence electrons. The molecule has 2 rings (SSSR count). The van der Waals surface area contributed by atoms with Crippen LogP contribution in [-0.4, -0.2) is 19.6 Å². The van der Waals surface area contributed by atoms with Crippen LogP contribution in [0.15, 0.2) is 18.5 Å². The highest BCUT2D eigenvalue weighted by molar-refractivity contribution is 5.25. The number of fused-ring (bicyclic) bond motifs is 1. The summed E-state index contributed by atoms with van der Waals surface area (Å²) in [6.45, 7) is 1.84. The molecule has 0 aliphatic rings. The van der Waals surface area contributed by atoms with E-state index in [4.69, 9.17) is 5.73 Å². The van der Waals surface area contributed by atoms with Crippen LogP contribution in [0.1, 0.15) is 18.8 Å². The van der Waals surface area contributed by atoms with Gasteiger partial charge in [-0.3, -0.25) is 0 Å². The molecule has 5 nitrogen and oxygen atoms in total. The molecule has 2 aromatic rings. The van der Waals surface area contributed by atoms with Crippen molar-refractivity contribution in [1.29, 1.82) is 0 Å². The molecule has 0 saturated heterocycles. The Morgan fingerprint density at radius 3 is 3.08 bits per heavy atom. The minimum absolute atomic E-state index is 0.147. The Morgan fingerprint density at radius 1 is 1.58 bits per heavy atom. The van der Waals surface area contributed by atoms with E-state index in [1.807, 2.05) is 6.92 Å². The molecule has 5 heteroatoms. The second kappa shape index (κ2) is 2.53. The lowest BCUT2D eigenvalue weighted by atomic mass is 10.3. The fourth-order valence-electron chi connectivity index (χ4n) is 0.942. The molecule has 2 aromatic heterocycles. The molecule has 2 heterocycles. The van der Waals surface area contributed by atoms with Crippen LogP contribution in [-0.2, 0) is 0 Å². The van der Waals surface area contributed by atoms with Gasteiger partial charge in [0.05, 0.1) is 6.04 Å². The van der Waals surface area contributed by atoms with E-state index in [-0.39, 0.29) is 6.04 Å². The van der Waals surface area contributed by atoms with Crippen LogP contribution < -0.4 is 5.73 Å². The van der Waals surface area contributed by atoms with Gasteiger partial charge >= 0.3 is 0 Å². The van der Waals surface area contributed by atoms with Crippen LogP contribution in [0, 0.1) is 0 Å². The molecule has 0 radical (unpaired) electrons. The third kappa shape index (κ3) is 1.04. The Kier molecular flexibility index (Phi) is 1.51. The van der Waals surface area contributed by atoms with Gasteiger partial charge in [0.25, 0.3) is 5.78 Å². The maximum atomic E-state index is 5.61. The van der Waals surface area contributed by atoms with E-state index in [1.165, 1.54) is 0 Å². The second-order valence-corrected chi connectivity index (χ2v) is 2.62. The van der Waals surface area contributed by atoms with Crippen LogP contribution in [0.5, 0.6) is 0 Å². The highest BCUT2D eigenvalue weighted by Gasteiger charge is 2.06. The molecule has 12 heavy (non-hydrogen) atoms. The van der Waals surface area contributed by atoms with Crippen molar-refractivity contribution in [2.24, 2.45) is 5.73 Å². The third-order valence-corrected chi connectivity index (χ3v) is 1.54. The summed E-state index contributed by atoms with van der Waals surface area (Å²) in [6.07, 6.45) is 3.47. The summed E-state index contributed by atoms with van der Waals surface area (Å²) in [5, 5.41) is 4.13. The maximum Gasteiger partial charge on any atom is 0.252 e. The summed E-state index contributed by atoms with van der Waals surface area (Å²) in [4.78, 5) is 8.15. The number of hydrogen-bond donors (Lipinski definition) is 1. The quantitative estimate of drug-likeness (QED) is 0.649. The van der Waals surface area contributed by atoms with Crippen LogP contribution in [0.2, 0.25) is 0 Å². The first-order valence-corrected chi connectivity index (χ1v) is 3.70. The molecule has 1 atom stereocenters. The van der Waals surface area contributed by atoms with E-state index in [1.54, 1.807) is 23.0 Å². The number of rotatable bonds is 1. The van der Waals surface area contributed by atoms with E-state index in [0.717, 1.165) is 0 Å². The van der Waals surface area contributed by atoms with E-state index in [2.05, 4.69) is 15.1 Å². The van der Waals surface area contributed by atoms with Crippen molar-refractivity contribution in [2.45, 2.75) is 13.0 Å². The molecule has 0 aromatic carbocycles. The predicted molar refractivity (Wildman–Crippen MR) is 43.4 cm³/mol. The SMILES string of the molecule is CC(N)c1nc2ncccn2n1. The van der Waals surface area contributed by atoms with Gasteiger partial charge in [0.2, 0.25) is 0 Å². The molecule has 0 aliphatic carbocycles. The maximum absolute atomic E-state index is 5.61. The number of nitrogens with zero attached hydrogens (tertiary/aromatic N) is 4. The van der Waals surface area contributed by atoms with E-state index in [9.17, 15) is 0 Å². The van der Waals surface area contributed by atoms with Gasteiger partial charge in [0, 0.05) is 12.4 Å². The van der Waals surface area contributed by atoms with Crippen molar-refractivity contribution < 1.29 is 0 Å². The van der Waals surface area contributed by atoms with Gasteiger partial charge in [-0.1, -0.05) is 0 Å². The molecule has 0 saturated carbocycles. The normalized spacial score (nSPS) is 13.5. The summed E-state index contributed by atoms with van der Waals surface area (Å²) in [5.74, 6) is 1.21. The molecule has 1 unspecified atom stereocenters. The molecule has 0 spiro atoms. The molecule has 0 fully saturated rings. The summed E-state index contributed by atoms with van der Waals surface area (Å²) in [5.41, 5.74) is 5.61. The van der Waals surface area contributed by atoms with E-state index in [0.29, 0.717) is 11.6 Å². The van der Waals surface area contributed by atoms with Gasteiger partial charge in [-0.25, -0.2) is 9.50 Å². The van der Waals surface area contributed by atoms with Gasteiger partial charge in [-0.2, -0.15) is 4.98 Å². The fourth-order valence-corrected chi connectivity index (χ4v) is 0.942. The Balaban J connectivity index is 2.62. The zero-order valence-corrected chi connectivity index (χ0v) is 6.68. The highest BCUT2D eigenvalue weighted by atomic mass is 15.3.